The van der Waals surface area contributed by atoms with Gasteiger partial charge in [-0.25, -0.2) is 0 Å². The molecule has 0 aromatic heterocycles. The van der Waals surface area contributed by atoms with E-state index < -0.39 is 0 Å². The number of hydrogen-bond acceptors (Lipinski definition) is 5. The number of carbonyl (C=O) groups excluding carboxylic acids is 1. The third kappa shape index (κ3) is 3.09. The maximum absolute atomic E-state index is 12.7. The second-order valence-corrected chi connectivity index (χ2v) is 6.45. The van der Waals surface area contributed by atoms with Crippen LogP contribution in [-0.2, 0) is 4.79 Å². The summed E-state index contributed by atoms with van der Waals surface area (Å²) < 4.78 is 5.76. The lowest BCUT2D eigenvalue weighted by atomic mass is 10.2. The first-order chi connectivity index (χ1) is 11.1. The molecule has 0 bridgehead atoms. The van der Waals surface area contributed by atoms with Crippen LogP contribution in [0.5, 0.6) is 11.5 Å². The zero-order valence-corrected chi connectivity index (χ0v) is 13.9. The number of phenolic OH excluding ortho intramolecular Hbond substituents is 1. The van der Waals surface area contributed by atoms with Crippen molar-refractivity contribution in [2.45, 2.75) is 0 Å². The van der Waals surface area contributed by atoms with E-state index in [1.807, 2.05) is 24.3 Å². The number of methoxy groups -OCH3 is 1. The average Bonchev–Trinajstić information content (AvgIpc) is 2.83. The summed E-state index contributed by atoms with van der Waals surface area (Å²) >= 11 is 6.57. The molecule has 0 radical (unpaired) electrons. The zero-order valence-electron chi connectivity index (χ0n) is 12.2. The molecular weight excluding hydrogens is 330 g/mol. The third-order valence-electron chi connectivity index (χ3n) is 3.33. The Labute approximate surface area is 143 Å². The molecule has 23 heavy (non-hydrogen) atoms. The Morgan fingerprint density at radius 3 is 2.57 bits per heavy atom. The third-order valence-corrected chi connectivity index (χ3v) is 4.63. The molecule has 4 nitrogen and oxygen atoms in total. The van der Waals surface area contributed by atoms with Gasteiger partial charge in [-0.3, -0.25) is 9.69 Å². The van der Waals surface area contributed by atoms with Gasteiger partial charge in [-0.2, -0.15) is 0 Å². The summed E-state index contributed by atoms with van der Waals surface area (Å²) in [5.41, 5.74) is 1.45. The van der Waals surface area contributed by atoms with Crippen LogP contribution < -0.4 is 9.64 Å². The van der Waals surface area contributed by atoms with Crippen LogP contribution in [0.2, 0.25) is 0 Å². The number of benzene rings is 2. The van der Waals surface area contributed by atoms with E-state index in [4.69, 9.17) is 17.0 Å². The number of hydrogen-bond donors (Lipinski definition) is 1. The number of thiocarbonyl (C=S) groups is 1. The number of nitrogens with zero attached hydrogens (tertiary/aromatic N) is 1. The molecular formula is C17H13NO3S2. The molecule has 1 heterocycles. The number of rotatable bonds is 3. The second-order valence-electron chi connectivity index (χ2n) is 4.78. The van der Waals surface area contributed by atoms with Gasteiger partial charge in [0.2, 0.25) is 0 Å². The number of anilines is 1. The molecule has 0 aliphatic carbocycles. The van der Waals surface area contributed by atoms with Crippen LogP contribution >= 0.6 is 24.0 Å². The highest BCUT2D eigenvalue weighted by molar-refractivity contribution is 8.27. The summed E-state index contributed by atoms with van der Waals surface area (Å²) in [7, 11) is 1.59. The number of amides is 1. The van der Waals surface area contributed by atoms with Gasteiger partial charge in [0.05, 0.1) is 17.7 Å². The number of para-hydroxylation sites is 1. The number of aromatic hydroxyl groups is 1. The normalized spacial score (nSPS) is 16.2. The number of ether oxygens (including phenoxy) is 1. The minimum absolute atomic E-state index is 0.142. The second kappa shape index (κ2) is 6.44. The molecule has 1 amide bonds. The van der Waals surface area contributed by atoms with E-state index in [9.17, 15) is 9.90 Å². The first-order valence-electron chi connectivity index (χ1n) is 6.80. The Bertz CT molecular complexity index is 800. The molecule has 1 N–H and O–H groups in total. The molecule has 0 unspecified atom stereocenters. The van der Waals surface area contributed by atoms with Crippen molar-refractivity contribution >= 4 is 46.0 Å². The lowest BCUT2D eigenvalue weighted by molar-refractivity contribution is -0.113. The first-order valence-corrected chi connectivity index (χ1v) is 8.02. The summed E-state index contributed by atoms with van der Waals surface area (Å²) in [5, 5.41) is 9.37. The zero-order chi connectivity index (χ0) is 16.4. The van der Waals surface area contributed by atoms with Crippen molar-refractivity contribution < 1.29 is 14.6 Å². The summed E-state index contributed by atoms with van der Waals surface area (Å²) in [5.74, 6) is 0.655. The van der Waals surface area contributed by atoms with Crippen molar-refractivity contribution in [1.29, 1.82) is 0 Å². The molecule has 116 valence electrons. The van der Waals surface area contributed by atoms with Gasteiger partial charge in [0.15, 0.2) is 4.32 Å². The molecule has 1 aliphatic heterocycles. The van der Waals surface area contributed by atoms with Crippen LogP contribution in [0, 0.1) is 0 Å². The molecule has 6 heteroatoms. The van der Waals surface area contributed by atoms with Gasteiger partial charge in [-0.1, -0.05) is 42.2 Å². The summed E-state index contributed by atoms with van der Waals surface area (Å²) in [6.45, 7) is 0. The van der Waals surface area contributed by atoms with Gasteiger partial charge in [0.25, 0.3) is 5.91 Å². The first kappa shape index (κ1) is 15.6. The average molecular weight is 343 g/mol. The molecule has 0 saturated carbocycles. The summed E-state index contributed by atoms with van der Waals surface area (Å²) in [4.78, 5) is 14.6. The van der Waals surface area contributed by atoms with E-state index in [1.165, 1.54) is 28.8 Å². The molecule has 1 saturated heterocycles. The van der Waals surface area contributed by atoms with Gasteiger partial charge in [-0.05, 0) is 36.4 Å². The molecule has 1 fully saturated rings. The molecule has 1 aliphatic rings. The topological polar surface area (TPSA) is 49.8 Å². The number of thioether (sulfide) groups is 1. The molecule has 2 aromatic rings. The Morgan fingerprint density at radius 1 is 1.17 bits per heavy atom. The molecule has 2 aromatic carbocycles. The van der Waals surface area contributed by atoms with Crippen LogP contribution in [0.25, 0.3) is 6.08 Å². The minimum atomic E-state index is -0.184. The van der Waals surface area contributed by atoms with E-state index in [0.717, 1.165) is 5.56 Å². The van der Waals surface area contributed by atoms with E-state index in [1.54, 1.807) is 25.3 Å². The van der Waals surface area contributed by atoms with Crippen LogP contribution in [0.4, 0.5) is 5.69 Å². The van der Waals surface area contributed by atoms with Gasteiger partial charge in [-0.15, -0.1) is 0 Å². The number of carbonyl (C=O) groups is 1. The van der Waals surface area contributed by atoms with E-state index in [0.29, 0.717) is 20.7 Å². The van der Waals surface area contributed by atoms with Crippen molar-refractivity contribution in [3.63, 3.8) is 0 Å². The highest BCUT2D eigenvalue weighted by atomic mass is 32.2. The fraction of sp³-hybridized carbons (Fsp3) is 0.0588. The van der Waals surface area contributed by atoms with E-state index in [-0.39, 0.29) is 11.7 Å². The van der Waals surface area contributed by atoms with Crippen molar-refractivity contribution in [1.82, 2.24) is 0 Å². The maximum Gasteiger partial charge on any atom is 0.270 e. The van der Waals surface area contributed by atoms with Gasteiger partial charge in [0.1, 0.15) is 11.5 Å². The summed E-state index contributed by atoms with van der Waals surface area (Å²) in [6.07, 6.45) is 1.78. The molecule has 3 rings (SSSR count). The summed E-state index contributed by atoms with van der Waals surface area (Å²) in [6, 6.07) is 13.8. The highest BCUT2D eigenvalue weighted by Gasteiger charge is 2.33. The Hall–Kier alpha value is -2.31. The fourth-order valence-electron chi connectivity index (χ4n) is 2.22. The van der Waals surface area contributed by atoms with Crippen molar-refractivity contribution in [3.8, 4) is 11.5 Å². The molecule has 0 spiro atoms. The van der Waals surface area contributed by atoms with Gasteiger partial charge in [0, 0.05) is 5.56 Å². The fourth-order valence-corrected chi connectivity index (χ4v) is 3.51. The predicted octanol–water partition coefficient (Wildman–Crippen LogP) is 3.81. The van der Waals surface area contributed by atoms with Crippen molar-refractivity contribution in [2.24, 2.45) is 0 Å². The van der Waals surface area contributed by atoms with Crippen LogP contribution in [0.3, 0.4) is 0 Å². The van der Waals surface area contributed by atoms with Crippen LogP contribution in [0.15, 0.2) is 53.4 Å². The highest BCUT2D eigenvalue weighted by Crippen LogP contribution is 2.37. The van der Waals surface area contributed by atoms with Crippen LogP contribution in [-0.4, -0.2) is 22.4 Å². The quantitative estimate of drug-likeness (QED) is 0.678. The lowest BCUT2D eigenvalue weighted by Crippen LogP contribution is -2.27. The largest absolute Gasteiger partial charge is 0.508 e. The number of phenols is 1. The molecule has 0 atom stereocenters. The van der Waals surface area contributed by atoms with Crippen molar-refractivity contribution in [2.75, 3.05) is 12.0 Å². The van der Waals surface area contributed by atoms with Gasteiger partial charge < -0.3 is 9.84 Å². The van der Waals surface area contributed by atoms with Crippen LogP contribution in [0.1, 0.15) is 5.56 Å². The maximum atomic E-state index is 12.7. The lowest BCUT2D eigenvalue weighted by Gasteiger charge is -2.14. The smallest absolute Gasteiger partial charge is 0.270 e. The Balaban J connectivity index is 1.95. The van der Waals surface area contributed by atoms with Crippen molar-refractivity contribution in [3.05, 3.63) is 59.0 Å². The Kier molecular flexibility index (Phi) is 4.36. The van der Waals surface area contributed by atoms with E-state index in [2.05, 4.69) is 0 Å². The van der Waals surface area contributed by atoms with E-state index >= 15 is 0 Å². The predicted molar refractivity (Wildman–Crippen MR) is 96.8 cm³/mol. The Morgan fingerprint density at radius 2 is 1.87 bits per heavy atom. The minimum Gasteiger partial charge on any atom is -0.508 e. The SMILES string of the molecule is COc1ccccc1C=C1SC(=S)N(c2ccc(O)cc2)C1=O. The monoisotopic (exact) mass is 343 g/mol. The van der Waals surface area contributed by atoms with Gasteiger partial charge >= 0.3 is 0 Å². The standard InChI is InChI=1S/C17H13NO3S2/c1-21-14-5-3-2-4-11(14)10-15-16(20)18(17(22)23-15)12-6-8-13(19)9-7-12/h2-10,19H,1H3.